The Hall–Kier alpha value is -4.24. The van der Waals surface area contributed by atoms with Crippen molar-refractivity contribution < 1.29 is 14.3 Å². The summed E-state index contributed by atoms with van der Waals surface area (Å²) in [7, 11) is 3.32. The molecule has 2 N–H and O–H groups in total. The van der Waals surface area contributed by atoms with Crippen molar-refractivity contribution >= 4 is 35.0 Å². The van der Waals surface area contributed by atoms with E-state index >= 15 is 0 Å². The van der Waals surface area contributed by atoms with Gasteiger partial charge in [-0.3, -0.25) is 19.1 Å². The van der Waals surface area contributed by atoms with Crippen LogP contribution >= 0.6 is 11.8 Å². The van der Waals surface area contributed by atoms with Crippen LogP contribution in [0.2, 0.25) is 0 Å². The molecule has 0 atom stereocenters. The fraction of sp³-hybridized carbons (Fsp3) is 0.148. The van der Waals surface area contributed by atoms with Crippen molar-refractivity contribution in [2.75, 3.05) is 23.5 Å². The zero-order chi connectivity index (χ0) is 25.7. The van der Waals surface area contributed by atoms with Crippen molar-refractivity contribution in [2.24, 2.45) is 7.05 Å². The number of hydrogen-bond acceptors (Lipinski definition) is 5. The third-order valence-corrected chi connectivity index (χ3v) is 6.61. The van der Waals surface area contributed by atoms with Crippen LogP contribution in [-0.2, 0) is 11.8 Å². The number of nitrogens with one attached hydrogen (secondary N) is 2. The molecular weight excluding hydrogens is 476 g/mol. The number of methoxy groups -OCH3 is 1. The van der Waals surface area contributed by atoms with Crippen LogP contribution in [0.1, 0.15) is 16.1 Å². The van der Waals surface area contributed by atoms with E-state index in [2.05, 4.69) is 10.6 Å². The first-order valence-corrected chi connectivity index (χ1v) is 12.2. The summed E-state index contributed by atoms with van der Waals surface area (Å²) in [5, 5.41) is 5.62. The zero-order valence-electron chi connectivity index (χ0n) is 20.1. The molecule has 0 aliphatic carbocycles. The average molecular weight is 503 g/mol. The Morgan fingerprint density at radius 1 is 0.944 bits per heavy atom. The summed E-state index contributed by atoms with van der Waals surface area (Å²) in [5.74, 6) is 0.147. The van der Waals surface area contributed by atoms with Crippen LogP contribution in [-0.4, -0.2) is 34.0 Å². The van der Waals surface area contributed by atoms with Gasteiger partial charge in [-0.15, -0.1) is 11.8 Å². The summed E-state index contributed by atoms with van der Waals surface area (Å²) in [6.45, 7) is 1.79. The van der Waals surface area contributed by atoms with Crippen molar-refractivity contribution in [3.63, 3.8) is 0 Å². The monoisotopic (exact) mass is 502 g/mol. The predicted molar refractivity (Wildman–Crippen MR) is 142 cm³/mol. The van der Waals surface area contributed by atoms with Crippen molar-refractivity contribution in [3.05, 3.63) is 100 Å². The number of nitrogens with zero attached hydrogens (tertiary/aromatic N) is 2. The number of rotatable bonds is 8. The molecule has 0 fully saturated rings. The highest BCUT2D eigenvalue weighted by Gasteiger charge is 2.18. The second kappa shape index (κ2) is 11.0. The maximum Gasteiger partial charge on any atom is 0.295 e. The Balaban J connectivity index is 1.40. The van der Waals surface area contributed by atoms with Gasteiger partial charge in [0.25, 0.3) is 11.5 Å². The number of carbonyl (C=O) groups is 2. The second-order valence-corrected chi connectivity index (χ2v) is 9.04. The number of thioether (sulfide) groups is 1. The summed E-state index contributed by atoms with van der Waals surface area (Å²) in [5.41, 5.74) is 2.43. The van der Waals surface area contributed by atoms with Crippen molar-refractivity contribution in [1.82, 2.24) is 9.36 Å². The van der Waals surface area contributed by atoms with Crippen molar-refractivity contribution in [1.29, 1.82) is 0 Å². The van der Waals surface area contributed by atoms with Gasteiger partial charge in [0.1, 0.15) is 11.4 Å². The summed E-state index contributed by atoms with van der Waals surface area (Å²) >= 11 is 1.31. The third kappa shape index (κ3) is 5.52. The predicted octanol–water partition coefficient (Wildman–Crippen LogP) is 4.48. The minimum absolute atomic E-state index is 0.104. The highest BCUT2D eigenvalue weighted by molar-refractivity contribution is 8.00. The fourth-order valence-corrected chi connectivity index (χ4v) is 4.42. The maximum absolute atomic E-state index is 13.0. The molecule has 4 rings (SSSR count). The lowest BCUT2D eigenvalue weighted by atomic mass is 10.2. The van der Waals surface area contributed by atoms with Gasteiger partial charge in [0.15, 0.2) is 0 Å². The van der Waals surface area contributed by atoms with Crippen molar-refractivity contribution in [3.8, 4) is 11.4 Å². The summed E-state index contributed by atoms with van der Waals surface area (Å²) in [6.07, 6.45) is 0. The molecule has 0 bridgehead atoms. The Morgan fingerprint density at radius 3 is 2.44 bits per heavy atom. The lowest BCUT2D eigenvalue weighted by Crippen LogP contribution is -2.23. The first-order chi connectivity index (χ1) is 17.4. The Labute approximate surface area is 212 Å². The lowest BCUT2D eigenvalue weighted by Gasteiger charge is -2.09. The first kappa shape index (κ1) is 24.9. The number of aromatic nitrogens is 2. The van der Waals surface area contributed by atoms with Crippen LogP contribution in [0.5, 0.6) is 5.75 Å². The van der Waals surface area contributed by atoms with Gasteiger partial charge in [0.2, 0.25) is 5.91 Å². The van der Waals surface area contributed by atoms with E-state index in [9.17, 15) is 14.4 Å². The van der Waals surface area contributed by atoms with Gasteiger partial charge in [-0.2, -0.15) is 0 Å². The number of anilines is 2. The molecule has 0 saturated heterocycles. The molecule has 3 aromatic carbocycles. The molecule has 0 saturated carbocycles. The highest BCUT2D eigenvalue weighted by Crippen LogP contribution is 2.23. The van der Waals surface area contributed by atoms with E-state index < -0.39 is 0 Å². The second-order valence-electron chi connectivity index (χ2n) is 7.99. The van der Waals surface area contributed by atoms with Crippen LogP contribution < -0.4 is 20.9 Å². The van der Waals surface area contributed by atoms with Gasteiger partial charge in [-0.1, -0.05) is 30.3 Å². The maximum atomic E-state index is 13.0. The molecule has 1 aromatic heterocycles. The van der Waals surface area contributed by atoms with E-state index in [1.54, 1.807) is 68.2 Å². The number of benzene rings is 3. The van der Waals surface area contributed by atoms with Crippen LogP contribution in [0.15, 0.2) is 88.6 Å². The van der Waals surface area contributed by atoms with Gasteiger partial charge >= 0.3 is 0 Å². The normalized spacial score (nSPS) is 10.6. The van der Waals surface area contributed by atoms with Gasteiger partial charge < -0.3 is 15.4 Å². The lowest BCUT2D eigenvalue weighted by molar-refractivity contribution is -0.113. The Kier molecular flexibility index (Phi) is 7.60. The SMILES string of the molecule is COc1cccc(C(=O)Nc2cccc(SCC(=O)Nc3c(C)n(C)n(-c4ccccc4)c3=O)c2)c1. The van der Waals surface area contributed by atoms with Gasteiger partial charge in [0, 0.05) is 23.2 Å². The van der Waals surface area contributed by atoms with Crippen LogP contribution in [0.25, 0.3) is 5.69 Å². The van der Waals surface area contributed by atoms with Gasteiger partial charge in [0.05, 0.1) is 24.2 Å². The van der Waals surface area contributed by atoms with E-state index in [0.717, 1.165) is 10.6 Å². The molecule has 0 aliphatic rings. The standard InChI is InChI=1S/C27H26N4O4S/c1-18-25(27(34)31(30(18)2)21-11-5-4-6-12-21)29-24(32)17-36-23-14-8-10-20(16-23)28-26(33)19-9-7-13-22(15-19)35-3/h4-16H,17H2,1-3H3,(H,28,33)(H,29,32). The summed E-state index contributed by atoms with van der Waals surface area (Å²) in [4.78, 5) is 39.1. The smallest absolute Gasteiger partial charge is 0.295 e. The molecule has 1 heterocycles. The Morgan fingerprint density at radius 2 is 1.69 bits per heavy atom. The average Bonchev–Trinajstić information content (AvgIpc) is 3.11. The number of para-hydroxylation sites is 1. The van der Waals surface area contributed by atoms with E-state index in [1.165, 1.54) is 16.4 Å². The first-order valence-electron chi connectivity index (χ1n) is 11.2. The minimum Gasteiger partial charge on any atom is -0.497 e. The topological polar surface area (TPSA) is 94.4 Å². The molecule has 4 aromatic rings. The van der Waals surface area contributed by atoms with Crippen LogP contribution in [0.3, 0.4) is 0 Å². The van der Waals surface area contributed by atoms with Gasteiger partial charge in [-0.25, -0.2) is 4.68 Å². The van der Waals surface area contributed by atoms with E-state index in [1.807, 2.05) is 36.4 Å². The number of ether oxygens (including phenoxy) is 1. The van der Waals surface area contributed by atoms with E-state index in [4.69, 9.17) is 4.74 Å². The third-order valence-electron chi connectivity index (χ3n) is 5.61. The molecule has 0 unspecified atom stereocenters. The molecule has 2 amide bonds. The Bertz CT molecular complexity index is 1460. The molecule has 0 spiro atoms. The van der Waals surface area contributed by atoms with Crippen LogP contribution in [0.4, 0.5) is 11.4 Å². The molecule has 8 nitrogen and oxygen atoms in total. The quantitative estimate of drug-likeness (QED) is 0.347. The molecule has 36 heavy (non-hydrogen) atoms. The zero-order valence-corrected chi connectivity index (χ0v) is 21.0. The molecule has 184 valence electrons. The molecule has 9 heteroatoms. The fourth-order valence-electron chi connectivity index (χ4n) is 3.67. The number of amides is 2. The summed E-state index contributed by atoms with van der Waals surface area (Å²) in [6, 6.07) is 23.4. The minimum atomic E-state index is -0.295. The highest BCUT2D eigenvalue weighted by atomic mass is 32.2. The molecular formula is C27H26N4O4S. The van der Waals surface area contributed by atoms with Crippen LogP contribution in [0, 0.1) is 6.92 Å². The largest absolute Gasteiger partial charge is 0.497 e. The molecule has 0 aliphatic heterocycles. The number of carbonyl (C=O) groups excluding carboxylic acids is 2. The van der Waals surface area contributed by atoms with Crippen molar-refractivity contribution in [2.45, 2.75) is 11.8 Å². The van der Waals surface area contributed by atoms with Gasteiger partial charge in [-0.05, 0) is 55.5 Å². The summed E-state index contributed by atoms with van der Waals surface area (Å²) < 4.78 is 8.41. The van der Waals surface area contributed by atoms with E-state index in [-0.39, 0.29) is 28.8 Å². The number of hydrogen-bond donors (Lipinski definition) is 2. The molecule has 0 radical (unpaired) electrons. The van der Waals surface area contributed by atoms with E-state index in [0.29, 0.717) is 22.7 Å².